The zero-order valence-corrected chi connectivity index (χ0v) is 14.5. The average Bonchev–Trinajstić information content (AvgIpc) is 2.72. The van der Waals surface area contributed by atoms with Crippen molar-refractivity contribution in [3.05, 3.63) is 107 Å². The number of aliphatic imine (C=N–C) groups is 1. The molecule has 0 atom stereocenters. The van der Waals surface area contributed by atoms with Crippen molar-refractivity contribution in [3.63, 3.8) is 0 Å². The van der Waals surface area contributed by atoms with Gasteiger partial charge in [-0.2, -0.15) is 5.26 Å². The number of benzene rings is 2. The normalized spacial score (nSPS) is 11.9. The lowest BCUT2D eigenvalue weighted by Gasteiger charge is -2.07. The van der Waals surface area contributed by atoms with Crippen LogP contribution in [-0.4, -0.2) is 10.7 Å². The first-order valence-corrected chi connectivity index (χ1v) is 8.34. The van der Waals surface area contributed by atoms with E-state index in [4.69, 9.17) is 11.0 Å². The highest BCUT2D eigenvalue weighted by atomic mass is 19.1. The molecule has 4 nitrogen and oxygen atoms in total. The van der Waals surface area contributed by atoms with Gasteiger partial charge >= 0.3 is 0 Å². The molecule has 0 fully saturated rings. The monoisotopic (exact) mass is 356 g/mol. The fourth-order valence-electron chi connectivity index (χ4n) is 2.52. The van der Waals surface area contributed by atoms with Gasteiger partial charge in [0.05, 0.1) is 35.3 Å². The smallest absolute Gasteiger partial charge is 0.128 e. The standard InChI is InChI=1S/C22H17FN4/c23-19-9-2-1-7-18(19)15-27-22(17-8-5-6-16(12-17)14-24)13-20(25)21-10-3-4-11-26-21/h1-13H,15,25H2. The molecule has 0 saturated heterocycles. The summed E-state index contributed by atoms with van der Waals surface area (Å²) < 4.78 is 13.9. The maximum Gasteiger partial charge on any atom is 0.128 e. The van der Waals surface area contributed by atoms with Crippen molar-refractivity contribution in [3.8, 4) is 6.07 Å². The van der Waals surface area contributed by atoms with Crippen molar-refractivity contribution in [2.75, 3.05) is 0 Å². The van der Waals surface area contributed by atoms with E-state index in [9.17, 15) is 4.39 Å². The average molecular weight is 356 g/mol. The first-order chi connectivity index (χ1) is 13.2. The molecule has 3 aromatic rings. The Bertz CT molecular complexity index is 1030. The van der Waals surface area contributed by atoms with Crippen LogP contribution in [0.1, 0.15) is 22.4 Å². The highest BCUT2D eigenvalue weighted by molar-refractivity contribution is 6.12. The molecular formula is C22H17FN4. The number of hydrogen-bond acceptors (Lipinski definition) is 4. The Kier molecular flexibility index (Phi) is 5.70. The number of hydrogen-bond donors (Lipinski definition) is 1. The van der Waals surface area contributed by atoms with Gasteiger partial charge in [-0.1, -0.05) is 36.4 Å². The fraction of sp³-hybridized carbons (Fsp3) is 0.0455. The second-order valence-corrected chi connectivity index (χ2v) is 5.80. The van der Waals surface area contributed by atoms with E-state index in [1.54, 1.807) is 60.8 Å². The molecule has 0 aliphatic carbocycles. The first kappa shape index (κ1) is 18.0. The number of nitriles is 1. The van der Waals surface area contributed by atoms with E-state index in [0.717, 1.165) is 5.56 Å². The summed E-state index contributed by atoms with van der Waals surface area (Å²) in [6.07, 6.45) is 3.35. The number of nitrogens with two attached hydrogens (primary N) is 1. The topological polar surface area (TPSA) is 75.1 Å². The zero-order valence-electron chi connectivity index (χ0n) is 14.5. The molecule has 0 unspecified atom stereocenters. The third-order valence-electron chi connectivity index (χ3n) is 3.92. The predicted molar refractivity (Wildman–Crippen MR) is 104 cm³/mol. The maximum absolute atomic E-state index is 13.9. The molecular weight excluding hydrogens is 339 g/mol. The molecule has 0 amide bonds. The summed E-state index contributed by atoms with van der Waals surface area (Å²) in [4.78, 5) is 8.78. The summed E-state index contributed by atoms with van der Waals surface area (Å²) in [5.41, 5.74) is 9.51. The van der Waals surface area contributed by atoms with Crippen LogP contribution in [0.5, 0.6) is 0 Å². The molecule has 0 bridgehead atoms. The SMILES string of the molecule is N#Cc1cccc(C(C=C(N)c2ccccn2)=NCc2ccccc2F)c1. The van der Waals surface area contributed by atoms with Gasteiger partial charge in [0.2, 0.25) is 0 Å². The summed E-state index contributed by atoms with van der Waals surface area (Å²) in [5, 5.41) is 9.16. The second kappa shape index (κ2) is 8.54. The third-order valence-corrected chi connectivity index (χ3v) is 3.92. The lowest BCUT2D eigenvalue weighted by atomic mass is 10.0. The Hall–Kier alpha value is -3.78. The van der Waals surface area contributed by atoms with Crippen LogP contribution in [0.2, 0.25) is 0 Å². The molecule has 2 N–H and O–H groups in total. The lowest BCUT2D eigenvalue weighted by molar-refractivity contribution is 0.611. The van der Waals surface area contributed by atoms with Crippen molar-refractivity contribution in [2.45, 2.75) is 6.54 Å². The number of pyridine rings is 1. The number of rotatable bonds is 5. The van der Waals surface area contributed by atoms with Crippen molar-refractivity contribution < 1.29 is 4.39 Å². The van der Waals surface area contributed by atoms with Crippen LogP contribution < -0.4 is 5.73 Å². The first-order valence-electron chi connectivity index (χ1n) is 8.34. The highest BCUT2D eigenvalue weighted by Gasteiger charge is 2.07. The van der Waals surface area contributed by atoms with Crippen molar-refractivity contribution in [1.29, 1.82) is 5.26 Å². The molecule has 0 aliphatic heterocycles. The fourth-order valence-corrected chi connectivity index (χ4v) is 2.52. The lowest BCUT2D eigenvalue weighted by Crippen LogP contribution is -2.06. The Labute approximate surface area is 157 Å². The molecule has 5 heteroatoms. The van der Waals surface area contributed by atoms with Gasteiger partial charge in [-0.05, 0) is 36.4 Å². The zero-order chi connectivity index (χ0) is 19.1. The molecule has 0 radical (unpaired) electrons. The predicted octanol–water partition coefficient (Wildman–Crippen LogP) is 4.08. The largest absolute Gasteiger partial charge is 0.397 e. The Balaban J connectivity index is 2.02. The molecule has 3 rings (SSSR count). The van der Waals surface area contributed by atoms with Crippen LogP contribution in [0.15, 0.2) is 84.0 Å². The van der Waals surface area contributed by atoms with Gasteiger partial charge in [0, 0.05) is 17.3 Å². The van der Waals surface area contributed by atoms with E-state index in [1.807, 2.05) is 12.1 Å². The van der Waals surface area contributed by atoms with Gasteiger partial charge in [0.1, 0.15) is 5.82 Å². The van der Waals surface area contributed by atoms with E-state index in [-0.39, 0.29) is 12.4 Å². The van der Waals surface area contributed by atoms with Crippen molar-refractivity contribution in [2.24, 2.45) is 10.7 Å². The number of allylic oxidation sites excluding steroid dienone is 1. The molecule has 27 heavy (non-hydrogen) atoms. The second-order valence-electron chi connectivity index (χ2n) is 5.80. The minimum absolute atomic E-state index is 0.158. The maximum atomic E-state index is 13.9. The van der Waals surface area contributed by atoms with E-state index >= 15 is 0 Å². The minimum Gasteiger partial charge on any atom is -0.397 e. The van der Waals surface area contributed by atoms with Gasteiger partial charge in [0.15, 0.2) is 0 Å². The number of halogens is 1. The van der Waals surface area contributed by atoms with Crippen LogP contribution >= 0.6 is 0 Å². The van der Waals surface area contributed by atoms with Crippen LogP contribution in [0.25, 0.3) is 5.70 Å². The summed E-state index contributed by atoms with van der Waals surface area (Å²) >= 11 is 0. The number of aromatic nitrogens is 1. The molecule has 0 aliphatic rings. The van der Waals surface area contributed by atoms with E-state index in [0.29, 0.717) is 28.2 Å². The van der Waals surface area contributed by atoms with Gasteiger partial charge < -0.3 is 5.73 Å². The van der Waals surface area contributed by atoms with E-state index in [2.05, 4.69) is 16.0 Å². The molecule has 0 spiro atoms. The van der Waals surface area contributed by atoms with Crippen LogP contribution in [0, 0.1) is 17.1 Å². The quantitative estimate of drug-likeness (QED) is 0.700. The van der Waals surface area contributed by atoms with Gasteiger partial charge in [0.25, 0.3) is 0 Å². The van der Waals surface area contributed by atoms with E-state index < -0.39 is 0 Å². The van der Waals surface area contributed by atoms with Crippen LogP contribution in [0.3, 0.4) is 0 Å². The van der Waals surface area contributed by atoms with Gasteiger partial charge in [-0.15, -0.1) is 0 Å². The Morgan fingerprint density at radius 1 is 1.11 bits per heavy atom. The summed E-state index contributed by atoms with van der Waals surface area (Å²) in [6, 6.07) is 21.1. The third kappa shape index (κ3) is 4.65. The Morgan fingerprint density at radius 2 is 1.93 bits per heavy atom. The van der Waals surface area contributed by atoms with Gasteiger partial charge in [-0.25, -0.2) is 4.39 Å². The molecule has 0 saturated carbocycles. The Morgan fingerprint density at radius 3 is 2.67 bits per heavy atom. The molecule has 2 aromatic carbocycles. The number of nitrogens with zero attached hydrogens (tertiary/aromatic N) is 3. The highest BCUT2D eigenvalue weighted by Crippen LogP contribution is 2.14. The summed E-state index contributed by atoms with van der Waals surface area (Å²) in [7, 11) is 0. The summed E-state index contributed by atoms with van der Waals surface area (Å²) in [5.74, 6) is -0.312. The summed E-state index contributed by atoms with van der Waals surface area (Å²) in [6.45, 7) is 0.158. The molecule has 1 aromatic heterocycles. The van der Waals surface area contributed by atoms with Crippen molar-refractivity contribution >= 4 is 11.4 Å². The minimum atomic E-state index is -0.312. The molecule has 132 valence electrons. The van der Waals surface area contributed by atoms with Crippen LogP contribution in [-0.2, 0) is 6.54 Å². The van der Waals surface area contributed by atoms with E-state index in [1.165, 1.54) is 6.07 Å². The van der Waals surface area contributed by atoms with Gasteiger partial charge in [-0.3, -0.25) is 9.98 Å². The van der Waals surface area contributed by atoms with Crippen molar-refractivity contribution in [1.82, 2.24) is 4.98 Å². The van der Waals surface area contributed by atoms with Crippen LogP contribution in [0.4, 0.5) is 4.39 Å². The molecule has 1 heterocycles.